The summed E-state index contributed by atoms with van der Waals surface area (Å²) in [5.74, 6) is -1.15. The normalized spacial score (nSPS) is 15.9. The Morgan fingerprint density at radius 1 is 1.33 bits per heavy atom. The van der Waals surface area contributed by atoms with Crippen molar-refractivity contribution in [2.75, 3.05) is 7.05 Å². The maximum atomic E-state index is 12.3. The van der Waals surface area contributed by atoms with Gasteiger partial charge in [-0.05, 0) is 19.3 Å². The van der Waals surface area contributed by atoms with E-state index in [9.17, 15) is 9.59 Å². The molecule has 0 spiro atoms. The van der Waals surface area contributed by atoms with Gasteiger partial charge in [0.25, 0.3) is 0 Å². The van der Waals surface area contributed by atoms with Crippen LogP contribution in [0.2, 0.25) is 0 Å². The molecule has 0 aromatic carbocycles. The fourth-order valence-corrected chi connectivity index (χ4v) is 2.89. The van der Waals surface area contributed by atoms with Crippen molar-refractivity contribution in [3.8, 4) is 0 Å². The molecule has 116 valence electrons. The van der Waals surface area contributed by atoms with Crippen LogP contribution in [0.1, 0.15) is 55.2 Å². The zero-order chi connectivity index (χ0) is 15.4. The molecule has 0 unspecified atom stereocenters. The van der Waals surface area contributed by atoms with E-state index in [0.717, 1.165) is 25.7 Å². The molecular weight excluding hydrogens is 272 g/mol. The average molecular weight is 294 g/mol. The Kier molecular flexibility index (Phi) is 4.93. The third-order valence-corrected chi connectivity index (χ3v) is 4.18. The number of carboxylic acids is 1. The van der Waals surface area contributed by atoms with E-state index in [0.29, 0.717) is 18.2 Å². The smallest absolute Gasteiger partial charge is 0.358 e. The minimum atomic E-state index is -1.11. The summed E-state index contributed by atoms with van der Waals surface area (Å²) < 4.78 is 1.41. The molecule has 1 aliphatic rings. The number of hydrogen-bond acceptors (Lipinski definition) is 4. The molecule has 0 atom stereocenters. The Balaban J connectivity index is 2.06. The third-order valence-electron chi connectivity index (χ3n) is 4.18. The lowest BCUT2D eigenvalue weighted by molar-refractivity contribution is -0.133. The number of hydrogen-bond donors (Lipinski definition) is 1. The molecule has 1 fully saturated rings. The first-order valence-electron chi connectivity index (χ1n) is 7.46. The van der Waals surface area contributed by atoms with Gasteiger partial charge in [0.2, 0.25) is 5.91 Å². The van der Waals surface area contributed by atoms with E-state index in [2.05, 4.69) is 10.3 Å². The number of likely N-dealkylation sites (N-methyl/N-ethyl adjacent to an activating group) is 1. The molecule has 0 saturated heterocycles. The molecule has 1 aromatic rings. The van der Waals surface area contributed by atoms with Crippen molar-refractivity contribution in [3.05, 3.63) is 11.4 Å². The Morgan fingerprint density at radius 2 is 2.00 bits per heavy atom. The third kappa shape index (κ3) is 3.40. The molecule has 7 nitrogen and oxygen atoms in total. The van der Waals surface area contributed by atoms with Gasteiger partial charge in [-0.2, -0.15) is 0 Å². The number of carbonyl (C=O) groups excluding carboxylic acids is 1. The van der Waals surface area contributed by atoms with Gasteiger partial charge < -0.3 is 10.0 Å². The number of nitrogens with zero attached hydrogens (tertiary/aromatic N) is 4. The highest BCUT2D eigenvalue weighted by molar-refractivity contribution is 5.86. The monoisotopic (exact) mass is 294 g/mol. The molecule has 0 radical (unpaired) electrons. The van der Waals surface area contributed by atoms with Crippen molar-refractivity contribution in [1.29, 1.82) is 0 Å². The molecule has 0 aliphatic heterocycles. The van der Waals surface area contributed by atoms with Crippen molar-refractivity contribution in [2.24, 2.45) is 0 Å². The number of aromatic carboxylic acids is 1. The number of aromatic nitrogens is 3. The number of amides is 1. The second-order valence-electron chi connectivity index (χ2n) is 5.50. The summed E-state index contributed by atoms with van der Waals surface area (Å²) in [4.78, 5) is 25.2. The van der Waals surface area contributed by atoms with E-state index in [1.165, 1.54) is 11.1 Å². The summed E-state index contributed by atoms with van der Waals surface area (Å²) in [6.07, 6.45) is 6.13. The minimum absolute atomic E-state index is 0.0431. The van der Waals surface area contributed by atoms with Crippen LogP contribution in [0, 0.1) is 0 Å². The van der Waals surface area contributed by atoms with E-state index in [1.54, 1.807) is 4.90 Å². The predicted molar refractivity (Wildman–Crippen MR) is 76.0 cm³/mol. The summed E-state index contributed by atoms with van der Waals surface area (Å²) in [5, 5.41) is 16.5. The van der Waals surface area contributed by atoms with Crippen LogP contribution in [0.3, 0.4) is 0 Å². The standard InChI is InChI=1S/C14H22N4O3/c1-3-11-13(14(20)21)15-16-18(11)9-12(19)17(2)10-7-5-4-6-8-10/h10H,3-9H2,1-2H3,(H,20,21). The predicted octanol–water partition coefficient (Wildman–Crippen LogP) is 1.33. The van der Waals surface area contributed by atoms with Crippen LogP contribution < -0.4 is 0 Å². The van der Waals surface area contributed by atoms with Crippen molar-refractivity contribution in [3.63, 3.8) is 0 Å². The summed E-state index contributed by atoms with van der Waals surface area (Å²) in [6, 6.07) is 0.291. The van der Waals surface area contributed by atoms with Crippen LogP contribution in [-0.4, -0.2) is 50.0 Å². The lowest BCUT2D eigenvalue weighted by atomic mass is 9.94. The van der Waals surface area contributed by atoms with Crippen LogP contribution in [0.15, 0.2) is 0 Å². The summed E-state index contributed by atoms with van der Waals surface area (Å²) in [6.45, 7) is 1.88. The first-order valence-corrected chi connectivity index (χ1v) is 7.46. The first-order chi connectivity index (χ1) is 10.0. The average Bonchev–Trinajstić information content (AvgIpc) is 2.90. The van der Waals surface area contributed by atoms with Gasteiger partial charge in [0.15, 0.2) is 5.69 Å². The van der Waals surface area contributed by atoms with E-state index >= 15 is 0 Å². The minimum Gasteiger partial charge on any atom is -0.476 e. The molecule has 7 heteroatoms. The number of carboxylic acid groups (broad SMARTS) is 1. The second-order valence-corrected chi connectivity index (χ2v) is 5.50. The highest BCUT2D eigenvalue weighted by Gasteiger charge is 2.24. The summed E-state index contributed by atoms with van der Waals surface area (Å²) in [7, 11) is 1.82. The molecule has 1 N–H and O–H groups in total. The highest BCUT2D eigenvalue weighted by atomic mass is 16.4. The summed E-state index contributed by atoms with van der Waals surface area (Å²) >= 11 is 0. The Bertz CT molecular complexity index is 520. The van der Waals surface area contributed by atoms with Crippen LogP contribution in [0.25, 0.3) is 0 Å². The van der Waals surface area contributed by atoms with Crippen LogP contribution >= 0.6 is 0 Å². The van der Waals surface area contributed by atoms with Crippen molar-refractivity contribution < 1.29 is 14.7 Å². The fourth-order valence-electron chi connectivity index (χ4n) is 2.89. The van der Waals surface area contributed by atoms with Gasteiger partial charge in [0.05, 0.1) is 5.69 Å². The highest BCUT2D eigenvalue weighted by Crippen LogP contribution is 2.22. The molecule has 1 aromatic heterocycles. The molecule has 1 saturated carbocycles. The largest absolute Gasteiger partial charge is 0.476 e. The Labute approximate surface area is 123 Å². The maximum Gasteiger partial charge on any atom is 0.358 e. The molecular formula is C14H22N4O3. The zero-order valence-corrected chi connectivity index (χ0v) is 12.6. The molecule has 1 amide bonds. The van der Waals surface area contributed by atoms with Crippen LogP contribution in [0.5, 0.6) is 0 Å². The Hall–Kier alpha value is -1.92. The van der Waals surface area contributed by atoms with Gasteiger partial charge in [-0.1, -0.05) is 31.4 Å². The first kappa shape index (κ1) is 15.5. The molecule has 1 heterocycles. The van der Waals surface area contributed by atoms with E-state index in [-0.39, 0.29) is 18.1 Å². The van der Waals surface area contributed by atoms with E-state index in [1.807, 2.05) is 14.0 Å². The second kappa shape index (κ2) is 6.69. The van der Waals surface area contributed by atoms with Crippen molar-refractivity contribution in [1.82, 2.24) is 19.9 Å². The van der Waals surface area contributed by atoms with Crippen molar-refractivity contribution in [2.45, 2.75) is 58.0 Å². The lowest BCUT2D eigenvalue weighted by Gasteiger charge is -2.31. The lowest BCUT2D eigenvalue weighted by Crippen LogP contribution is -2.40. The Morgan fingerprint density at radius 3 is 2.57 bits per heavy atom. The van der Waals surface area contributed by atoms with E-state index < -0.39 is 5.97 Å². The van der Waals surface area contributed by atoms with Gasteiger partial charge >= 0.3 is 5.97 Å². The number of carbonyl (C=O) groups is 2. The molecule has 21 heavy (non-hydrogen) atoms. The fraction of sp³-hybridized carbons (Fsp3) is 0.714. The number of rotatable bonds is 5. The molecule has 2 rings (SSSR count). The topological polar surface area (TPSA) is 88.3 Å². The maximum absolute atomic E-state index is 12.3. The molecule has 1 aliphatic carbocycles. The molecule has 0 bridgehead atoms. The van der Waals surface area contributed by atoms with Gasteiger partial charge in [-0.25, -0.2) is 9.48 Å². The van der Waals surface area contributed by atoms with Gasteiger partial charge in [-0.3, -0.25) is 4.79 Å². The van der Waals surface area contributed by atoms with Gasteiger partial charge in [0.1, 0.15) is 6.54 Å². The van der Waals surface area contributed by atoms with Crippen LogP contribution in [-0.2, 0) is 17.8 Å². The summed E-state index contributed by atoms with van der Waals surface area (Å²) in [5.41, 5.74) is 0.429. The SMILES string of the molecule is CCc1c(C(=O)O)nnn1CC(=O)N(C)C1CCCCC1. The quantitative estimate of drug-likeness (QED) is 0.885. The zero-order valence-electron chi connectivity index (χ0n) is 12.6. The van der Waals surface area contributed by atoms with Crippen molar-refractivity contribution >= 4 is 11.9 Å². The van der Waals surface area contributed by atoms with Gasteiger partial charge in [0, 0.05) is 13.1 Å². The van der Waals surface area contributed by atoms with Crippen LogP contribution in [0.4, 0.5) is 0 Å². The van der Waals surface area contributed by atoms with Gasteiger partial charge in [-0.15, -0.1) is 5.10 Å². The van der Waals surface area contributed by atoms with E-state index in [4.69, 9.17) is 5.11 Å².